The Morgan fingerprint density at radius 2 is 1.85 bits per heavy atom. The Kier molecular flexibility index (Phi) is 5.71. The van der Waals surface area contributed by atoms with Crippen LogP contribution in [0, 0.1) is 0 Å². The van der Waals surface area contributed by atoms with E-state index in [1.165, 1.54) is 7.05 Å². The van der Waals surface area contributed by atoms with E-state index in [0.29, 0.717) is 5.56 Å². The van der Waals surface area contributed by atoms with Gasteiger partial charge in [-0.3, -0.25) is 4.79 Å². The lowest BCUT2D eigenvalue weighted by Gasteiger charge is -2.27. The normalized spacial score (nSPS) is 14.8. The lowest BCUT2D eigenvalue weighted by molar-refractivity contribution is -0.125. The number of carbonyl (C=O) groups is 1. The zero-order valence-electron chi connectivity index (χ0n) is 12.3. The molecule has 0 spiro atoms. The molecule has 1 N–H and O–H groups in total. The van der Waals surface area contributed by atoms with Gasteiger partial charge in [-0.05, 0) is 18.9 Å². The monoisotopic (exact) mass is 298 g/mol. The van der Waals surface area contributed by atoms with Gasteiger partial charge in [-0.1, -0.05) is 37.3 Å². The lowest BCUT2D eigenvalue weighted by Crippen LogP contribution is -2.43. The Hall–Kier alpha value is -1.40. The van der Waals surface area contributed by atoms with Gasteiger partial charge in [-0.15, -0.1) is 0 Å². The zero-order valence-corrected chi connectivity index (χ0v) is 13.1. The highest BCUT2D eigenvalue weighted by Gasteiger charge is 2.30. The SMILES string of the molecule is CC[C@H](C)NC(=O)[C@@H](c1ccccc1)N(C)S(C)(=O)=O. The molecule has 0 saturated carbocycles. The molecule has 0 aliphatic carbocycles. The van der Waals surface area contributed by atoms with Gasteiger partial charge < -0.3 is 5.32 Å². The fraction of sp³-hybridized carbons (Fsp3) is 0.500. The summed E-state index contributed by atoms with van der Waals surface area (Å²) >= 11 is 0. The van der Waals surface area contributed by atoms with Crippen molar-refractivity contribution < 1.29 is 13.2 Å². The highest BCUT2D eigenvalue weighted by atomic mass is 32.2. The van der Waals surface area contributed by atoms with E-state index in [4.69, 9.17) is 0 Å². The Bertz CT molecular complexity index is 543. The lowest BCUT2D eigenvalue weighted by atomic mass is 10.1. The van der Waals surface area contributed by atoms with Gasteiger partial charge in [-0.25, -0.2) is 8.42 Å². The molecule has 0 fully saturated rings. The molecule has 0 aliphatic heterocycles. The van der Waals surface area contributed by atoms with E-state index >= 15 is 0 Å². The summed E-state index contributed by atoms with van der Waals surface area (Å²) < 4.78 is 24.6. The van der Waals surface area contributed by atoms with E-state index in [9.17, 15) is 13.2 Å². The molecule has 0 unspecified atom stereocenters. The van der Waals surface area contributed by atoms with Crippen molar-refractivity contribution in [3.05, 3.63) is 35.9 Å². The molecule has 1 amide bonds. The summed E-state index contributed by atoms with van der Waals surface area (Å²) in [5, 5.41) is 2.84. The number of nitrogens with zero attached hydrogens (tertiary/aromatic N) is 1. The maximum absolute atomic E-state index is 12.4. The van der Waals surface area contributed by atoms with Crippen LogP contribution in [0.2, 0.25) is 0 Å². The van der Waals surface area contributed by atoms with Crippen molar-refractivity contribution in [1.29, 1.82) is 0 Å². The van der Waals surface area contributed by atoms with E-state index in [0.717, 1.165) is 17.0 Å². The molecule has 0 bridgehead atoms. The van der Waals surface area contributed by atoms with E-state index in [2.05, 4.69) is 5.32 Å². The molecule has 1 rings (SSSR count). The summed E-state index contributed by atoms with van der Waals surface area (Å²) in [6.45, 7) is 3.85. The number of carbonyl (C=O) groups excluding carboxylic acids is 1. The summed E-state index contributed by atoms with van der Waals surface area (Å²) in [5.41, 5.74) is 0.654. The zero-order chi connectivity index (χ0) is 15.3. The van der Waals surface area contributed by atoms with E-state index in [-0.39, 0.29) is 11.9 Å². The molecule has 0 radical (unpaired) electrons. The van der Waals surface area contributed by atoms with Crippen LogP contribution in [0.4, 0.5) is 0 Å². The number of hydrogen-bond donors (Lipinski definition) is 1. The molecule has 5 nitrogen and oxygen atoms in total. The van der Waals surface area contributed by atoms with Gasteiger partial charge in [0.25, 0.3) is 0 Å². The van der Waals surface area contributed by atoms with Crippen LogP contribution in [0.3, 0.4) is 0 Å². The molecule has 0 aromatic heterocycles. The minimum atomic E-state index is -3.47. The highest BCUT2D eigenvalue weighted by molar-refractivity contribution is 7.88. The molecular weight excluding hydrogens is 276 g/mol. The van der Waals surface area contributed by atoms with Gasteiger partial charge in [0, 0.05) is 13.1 Å². The fourth-order valence-electron chi connectivity index (χ4n) is 1.78. The van der Waals surface area contributed by atoms with Crippen LogP contribution < -0.4 is 5.32 Å². The summed E-state index contributed by atoms with van der Waals surface area (Å²) in [4.78, 5) is 12.4. The highest BCUT2D eigenvalue weighted by Crippen LogP contribution is 2.22. The first-order chi connectivity index (χ1) is 9.27. The van der Waals surface area contributed by atoms with E-state index < -0.39 is 16.1 Å². The average Bonchev–Trinajstić information content (AvgIpc) is 2.38. The number of likely N-dealkylation sites (N-methyl/N-ethyl adjacent to an activating group) is 1. The first-order valence-electron chi connectivity index (χ1n) is 6.55. The Labute approximate surface area is 121 Å². The molecule has 6 heteroatoms. The molecule has 0 aliphatic rings. The van der Waals surface area contributed by atoms with Crippen molar-refractivity contribution in [1.82, 2.24) is 9.62 Å². The van der Waals surface area contributed by atoms with Gasteiger partial charge in [0.1, 0.15) is 6.04 Å². The number of nitrogens with one attached hydrogen (secondary N) is 1. The quantitative estimate of drug-likeness (QED) is 0.866. The number of hydrogen-bond acceptors (Lipinski definition) is 3. The largest absolute Gasteiger partial charge is 0.352 e. The van der Waals surface area contributed by atoms with Gasteiger partial charge in [0.05, 0.1) is 6.26 Å². The minimum absolute atomic E-state index is 0.00155. The van der Waals surface area contributed by atoms with Crippen LogP contribution in [0.5, 0.6) is 0 Å². The van der Waals surface area contributed by atoms with Gasteiger partial charge >= 0.3 is 0 Å². The number of sulfonamides is 1. The first-order valence-corrected chi connectivity index (χ1v) is 8.40. The number of rotatable bonds is 6. The Morgan fingerprint density at radius 3 is 2.30 bits per heavy atom. The van der Waals surface area contributed by atoms with Crippen LogP contribution >= 0.6 is 0 Å². The second-order valence-corrected chi connectivity index (χ2v) is 6.95. The summed E-state index contributed by atoms with van der Waals surface area (Å²) in [5.74, 6) is -0.307. The van der Waals surface area contributed by atoms with Crippen LogP contribution in [0.15, 0.2) is 30.3 Å². The maximum Gasteiger partial charge on any atom is 0.243 e. The van der Waals surface area contributed by atoms with Crippen LogP contribution in [-0.2, 0) is 14.8 Å². The Morgan fingerprint density at radius 1 is 1.30 bits per heavy atom. The first kappa shape index (κ1) is 16.7. The fourth-order valence-corrected chi connectivity index (χ4v) is 2.38. The summed E-state index contributed by atoms with van der Waals surface area (Å²) in [6.07, 6.45) is 1.88. The number of benzene rings is 1. The molecule has 112 valence electrons. The number of amides is 1. The molecular formula is C14H22N2O3S. The van der Waals surface area contributed by atoms with Gasteiger partial charge in [0.15, 0.2) is 0 Å². The third kappa shape index (κ3) is 4.31. The minimum Gasteiger partial charge on any atom is -0.352 e. The van der Waals surface area contributed by atoms with Crippen LogP contribution in [0.1, 0.15) is 31.9 Å². The summed E-state index contributed by atoms with van der Waals surface area (Å²) in [7, 11) is -2.05. The second-order valence-electron chi connectivity index (χ2n) is 4.91. The van der Waals surface area contributed by atoms with Crippen molar-refractivity contribution in [2.45, 2.75) is 32.4 Å². The third-order valence-corrected chi connectivity index (χ3v) is 4.51. The Balaban J connectivity index is 3.12. The molecule has 20 heavy (non-hydrogen) atoms. The molecule has 1 aromatic carbocycles. The standard InChI is InChI=1S/C14H22N2O3S/c1-5-11(2)15-14(17)13(16(3)20(4,18)19)12-9-7-6-8-10-12/h6-11,13H,5H2,1-4H3,(H,15,17)/t11-,13+/m0/s1. The van der Waals surface area contributed by atoms with Crippen LogP contribution in [0.25, 0.3) is 0 Å². The smallest absolute Gasteiger partial charge is 0.243 e. The van der Waals surface area contributed by atoms with Crippen molar-refractivity contribution in [3.8, 4) is 0 Å². The summed E-state index contributed by atoms with van der Waals surface area (Å²) in [6, 6.07) is 8.06. The van der Waals surface area contributed by atoms with E-state index in [1.807, 2.05) is 19.9 Å². The maximum atomic E-state index is 12.4. The predicted octanol–water partition coefficient (Wildman–Crippen LogP) is 1.53. The van der Waals surface area contributed by atoms with E-state index in [1.54, 1.807) is 24.3 Å². The van der Waals surface area contributed by atoms with Crippen molar-refractivity contribution in [3.63, 3.8) is 0 Å². The second kappa shape index (κ2) is 6.85. The van der Waals surface area contributed by atoms with Gasteiger partial charge in [0.2, 0.25) is 15.9 Å². The molecule has 0 heterocycles. The van der Waals surface area contributed by atoms with Crippen LogP contribution in [-0.4, -0.2) is 38.0 Å². The van der Waals surface area contributed by atoms with Crippen molar-refractivity contribution >= 4 is 15.9 Å². The predicted molar refractivity (Wildman–Crippen MR) is 79.7 cm³/mol. The molecule has 0 saturated heterocycles. The molecule has 2 atom stereocenters. The average molecular weight is 298 g/mol. The topological polar surface area (TPSA) is 66.5 Å². The van der Waals surface area contributed by atoms with Crippen molar-refractivity contribution in [2.75, 3.05) is 13.3 Å². The third-order valence-electron chi connectivity index (χ3n) is 3.25. The molecule has 1 aromatic rings. The van der Waals surface area contributed by atoms with Crippen molar-refractivity contribution in [2.24, 2.45) is 0 Å². The van der Waals surface area contributed by atoms with Gasteiger partial charge in [-0.2, -0.15) is 4.31 Å².